The van der Waals surface area contributed by atoms with Crippen molar-refractivity contribution in [1.29, 1.82) is 0 Å². The molecule has 0 bridgehead atoms. The predicted molar refractivity (Wildman–Crippen MR) is 81.1 cm³/mol. The lowest BCUT2D eigenvalue weighted by molar-refractivity contribution is 0.160. The van der Waals surface area contributed by atoms with Crippen molar-refractivity contribution in [3.05, 3.63) is 30.1 Å². The van der Waals surface area contributed by atoms with Gasteiger partial charge in [-0.3, -0.25) is 4.98 Å². The Kier molecular flexibility index (Phi) is 4.98. The normalized spacial score (nSPS) is 24.4. The van der Waals surface area contributed by atoms with Crippen LogP contribution < -0.4 is 5.32 Å². The number of pyridine rings is 1. The molecule has 1 saturated carbocycles. The Morgan fingerprint density at radius 3 is 2.32 bits per heavy atom. The van der Waals surface area contributed by atoms with Crippen LogP contribution in [0.1, 0.15) is 52.0 Å². The van der Waals surface area contributed by atoms with Crippen molar-refractivity contribution in [1.82, 2.24) is 10.3 Å². The van der Waals surface area contributed by atoms with Crippen LogP contribution in [0.15, 0.2) is 24.5 Å². The second-order valence-electron chi connectivity index (χ2n) is 6.97. The van der Waals surface area contributed by atoms with Gasteiger partial charge in [0.05, 0.1) is 0 Å². The molecule has 2 heteroatoms. The quantitative estimate of drug-likeness (QED) is 0.890. The maximum absolute atomic E-state index is 4.05. The molecule has 0 saturated heterocycles. The van der Waals surface area contributed by atoms with Gasteiger partial charge >= 0.3 is 0 Å². The van der Waals surface area contributed by atoms with Crippen molar-refractivity contribution in [2.45, 2.75) is 58.9 Å². The van der Waals surface area contributed by atoms with Crippen LogP contribution in [0.4, 0.5) is 0 Å². The van der Waals surface area contributed by atoms with Gasteiger partial charge in [-0.15, -0.1) is 0 Å². The summed E-state index contributed by atoms with van der Waals surface area (Å²) >= 11 is 0. The molecule has 1 aliphatic carbocycles. The molecule has 0 amide bonds. The summed E-state index contributed by atoms with van der Waals surface area (Å²) in [6, 6.07) is 4.96. The van der Waals surface area contributed by atoms with E-state index < -0.39 is 0 Å². The third kappa shape index (κ3) is 4.61. The monoisotopic (exact) mass is 260 g/mol. The highest BCUT2D eigenvalue weighted by atomic mass is 14.9. The third-order valence-electron chi connectivity index (χ3n) is 4.55. The summed E-state index contributed by atoms with van der Waals surface area (Å²) in [4.78, 5) is 4.05. The number of aromatic nitrogens is 1. The molecule has 1 heterocycles. The van der Waals surface area contributed by atoms with Crippen molar-refractivity contribution >= 4 is 0 Å². The van der Waals surface area contributed by atoms with Gasteiger partial charge in [-0.25, -0.2) is 0 Å². The molecule has 1 aliphatic rings. The van der Waals surface area contributed by atoms with E-state index in [9.17, 15) is 0 Å². The molecule has 1 fully saturated rings. The smallest absolute Gasteiger partial charge is 0.0270 e. The molecule has 0 atom stereocenters. The lowest BCUT2D eigenvalue weighted by Gasteiger charge is -2.37. The van der Waals surface area contributed by atoms with E-state index in [2.05, 4.69) is 43.2 Å². The van der Waals surface area contributed by atoms with E-state index in [1.165, 1.54) is 31.2 Å². The summed E-state index contributed by atoms with van der Waals surface area (Å²) in [6.45, 7) is 8.24. The fraction of sp³-hybridized carbons (Fsp3) is 0.706. The molecule has 2 rings (SSSR count). The maximum Gasteiger partial charge on any atom is 0.0270 e. The van der Waals surface area contributed by atoms with Crippen LogP contribution in [-0.4, -0.2) is 17.6 Å². The lowest BCUT2D eigenvalue weighted by Crippen LogP contribution is -2.37. The zero-order valence-corrected chi connectivity index (χ0v) is 12.7. The minimum atomic E-state index is 0.488. The van der Waals surface area contributed by atoms with Gasteiger partial charge in [-0.2, -0.15) is 0 Å². The summed E-state index contributed by atoms with van der Waals surface area (Å²) in [5, 5.41) is 3.72. The van der Waals surface area contributed by atoms with Crippen LogP contribution in [-0.2, 0) is 6.42 Å². The summed E-state index contributed by atoms with van der Waals surface area (Å²) in [7, 11) is 0. The number of rotatable bonds is 4. The zero-order chi connectivity index (χ0) is 13.7. The van der Waals surface area contributed by atoms with Crippen LogP contribution >= 0.6 is 0 Å². The Morgan fingerprint density at radius 2 is 1.74 bits per heavy atom. The number of hydrogen-bond acceptors (Lipinski definition) is 2. The van der Waals surface area contributed by atoms with Crippen LogP contribution in [0.3, 0.4) is 0 Å². The standard InChI is InChI=1S/C17H28N2/c1-17(2,3)15-4-6-16(7-5-15)19-13-10-14-8-11-18-12-9-14/h8-9,11-12,15-16,19H,4-7,10,13H2,1-3H3. The Hall–Kier alpha value is -0.890. The number of nitrogens with zero attached hydrogens (tertiary/aromatic N) is 1. The van der Waals surface area contributed by atoms with Crippen LogP contribution in [0.2, 0.25) is 0 Å². The average Bonchev–Trinajstić information content (AvgIpc) is 2.39. The van der Waals surface area contributed by atoms with E-state index in [1.807, 2.05) is 12.4 Å². The molecule has 0 unspecified atom stereocenters. The van der Waals surface area contributed by atoms with E-state index >= 15 is 0 Å². The van der Waals surface area contributed by atoms with E-state index in [1.54, 1.807) is 0 Å². The lowest BCUT2D eigenvalue weighted by atomic mass is 9.71. The molecule has 0 spiro atoms. The molecule has 0 aromatic carbocycles. The SMILES string of the molecule is CC(C)(C)C1CCC(NCCc2ccncc2)CC1. The first-order valence-corrected chi connectivity index (χ1v) is 7.68. The maximum atomic E-state index is 4.05. The van der Waals surface area contributed by atoms with Crippen molar-refractivity contribution in [2.75, 3.05) is 6.54 Å². The number of hydrogen-bond donors (Lipinski definition) is 1. The van der Waals surface area contributed by atoms with Gasteiger partial charge in [-0.1, -0.05) is 20.8 Å². The number of nitrogens with one attached hydrogen (secondary N) is 1. The highest BCUT2D eigenvalue weighted by Crippen LogP contribution is 2.37. The first-order chi connectivity index (χ1) is 9.05. The highest BCUT2D eigenvalue weighted by molar-refractivity contribution is 5.09. The van der Waals surface area contributed by atoms with Gasteiger partial charge in [0.1, 0.15) is 0 Å². The van der Waals surface area contributed by atoms with Gasteiger partial charge < -0.3 is 5.32 Å². The Morgan fingerprint density at radius 1 is 1.11 bits per heavy atom. The summed E-state index contributed by atoms with van der Waals surface area (Å²) in [5.74, 6) is 0.908. The van der Waals surface area contributed by atoms with Gasteiger partial charge in [0.25, 0.3) is 0 Å². The second-order valence-corrected chi connectivity index (χ2v) is 6.97. The first-order valence-electron chi connectivity index (χ1n) is 7.68. The van der Waals surface area contributed by atoms with Gasteiger partial charge in [0.15, 0.2) is 0 Å². The summed E-state index contributed by atoms with van der Waals surface area (Å²) in [6.07, 6.45) is 10.3. The second kappa shape index (κ2) is 6.51. The highest BCUT2D eigenvalue weighted by Gasteiger charge is 2.29. The molecule has 1 N–H and O–H groups in total. The summed E-state index contributed by atoms with van der Waals surface area (Å²) < 4.78 is 0. The Balaban J connectivity index is 1.66. The van der Waals surface area contributed by atoms with Gasteiger partial charge in [0, 0.05) is 18.4 Å². The van der Waals surface area contributed by atoms with Gasteiger partial charge in [-0.05, 0) is 67.7 Å². The first kappa shape index (κ1) is 14.5. The van der Waals surface area contributed by atoms with Crippen molar-refractivity contribution in [2.24, 2.45) is 11.3 Å². The Labute approximate surface area is 118 Å². The van der Waals surface area contributed by atoms with Crippen molar-refractivity contribution in [3.8, 4) is 0 Å². The molecule has 106 valence electrons. The summed E-state index contributed by atoms with van der Waals surface area (Å²) in [5.41, 5.74) is 1.87. The van der Waals surface area contributed by atoms with E-state index in [-0.39, 0.29) is 0 Å². The molecule has 2 nitrogen and oxygen atoms in total. The van der Waals surface area contributed by atoms with Crippen LogP contribution in [0.25, 0.3) is 0 Å². The van der Waals surface area contributed by atoms with Crippen molar-refractivity contribution in [3.63, 3.8) is 0 Å². The fourth-order valence-electron chi connectivity index (χ4n) is 3.13. The van der Waals surface area contributed by atoms with E-state index in [0.717, 1.165) is 24.9 Å². The topological polar surface area (TPSA) is 24.9 Å². The van der Waals surface area contributed by atoms with Crippen LogP contribution in [0, 0.1) is 11.3 Å². The molecule has 0 aliphatic heterocycles. The average molecular weight is 260 g/mol. The largest absolute Gasteiger partial charge is 0.314 e. The molecular weight excluding hydrogens is 232 g/mol. The molecule has 0 radical (unpaired) electrons. The minimum Gasteiger partial charge on any atom is -0.314 e. The van der Waals surface area contributed by atoms with Crippen molar-refractivity contribution < 1.29 is 0 Å². The fourth-order valence-corrected chi connectivity index (χ4v) is 3.13. The molecular formula is C17H28N2. The predicted octanol–water partition coefficient (Wildman–Crippen LogP) is 3.82. The van der Waals surface area contributed by atoms with E-state index in [4.69, 9.17) is 0 Å². The molecule has 1 aromatic heterocycles. The molecule has 1 aromatic rings. The minimum absolute atomic E-state index is 0.488. The third-order valence-corrected chi connectivity index (χ3v) is 4.55. The van der Waals surface area contributed by atoms with Gasteiger partial charge in [0.2, 0.25) is 0 Å². The van der Waals surface area contributed by atoms with Crippen LogP contribution in [0.5, 0.6) is 0 Å². The molecule has 19 heavy (non-hydrogen) atoms. The Bertz CT molecular complexity index is 359. The zero-order valence-electron chi connectivity index (χ0n) is 12.7. The van der Waals surface area contributed by atoms with E-state index in [0.29, 0.717) is 5.41 Å².